The second kappa shape index (κ2) is 9.30. The van der Waals surface area contributed by atoms with Crippen molar-refractivity contribution in [3.8, 4) is 0 Å². The van der Waals surface area contributed by atoms with Crippen LogP contribution >= 0.6 is 31.9 Å². The Morgan fingerprint density at radius 2 is 1.69 bits per heavy atom. The van der Waals surface area contributed by atoms with E-state index in [9.17, 15) is 9.59 Å². The van der Waals surface area contributed by atoms with Gasteiger partial charge in [0, 0.05) is 8.95 Å². The molecule has 0 fully saturated rings. The Bertz CT molecular complexity index is 811. The van der Waals surface area contributed by atoms with E-state index in [4.69, 9.17) is 0 Å². The van der Waals surface area contributed by atoms with Crippen LogP contribution in [0.15, 0.2) is 51.4 Å². The van der Waals surface area contributed by atoms with Gasteiger partial charge in [0.25, 0.3) is 0 Å². The summed E-state index contributed by atoms with van der Waals surface area (Å²) >= 11 is 6.84. The van der Waals surface area contributed by atoms with Crippen LogP contribution in [0.4, 0.5) is 11.4 Å². The van der Waals surface area contributed by atoms with Gasteiger partial charge in [-0.15, -0.1) is 0 Å². The third-order valence-electron chi connectivity index (χ3n) is 3.96. The molecule has 5 nitrogen and oxygen atoms in total. The molecular formula is C19H21Br2N3O2. The minimum atomic E-state index is -0.465. The maximum absolute atomic E-state index is 12.5. The van der Waals surface area contributed by atoms with E-state index in [2.05, 4.69) is 42.5 Å². The molecule has 2 N–H and O–H groups in total. The quantitative estimate of drug-likeness (QED) is 0.640. The van der Waals surface area contributed by atoms with Crippen molar-refractivity contribution < 1.29 is 9.59 Å². The van der Waals surface area contributed by atoms with Crippen molar-refractivity contribution in [2.75, 3.05) is 24.2 Å². The van der Waals surface area contributed by atoms with E-state index >= 15 is 0 Å². The molecule has 2 amide bonds. The van der Waals surface area contributed by atoms with E-state index < -0.39 is 6.04 Å². The monoisotopic (exact) mass is 481 g/mol. The molecule has 1 atom stereocenters. The van der Waals surface area contributed by atoms with Crippen LogP contribution in [0.1, 0.15) is 12.5 Å². The molecule has 2 aromatic carbocycles. The Morgan fingerprint density at radius 1 is 1.04 bits per heavy atom. The van der Waals surface area contributed by atoms with E-state index in [1.165, 1.54) is 0 Å². The lowest BCUT2D eigenvalue weighted by molar-refractivity contribution is -0.122. The molecule has 0 aromatic heterocycles. The number of nitrogens with zero attached hydrogens (tertiary/aromatic N) is 1. The predicted molar refractivity (Wildman–Crippen MR) is 112 cm³/mol. The van der Waals surface area contributed by atoms with E-state index in [0.717, 1.165) is 14.5 Å². The number of anilines is 2. The number of para-hydroxylation sites is 1. The average Bonchev–Trinajstić information content (AvgIpc) is 2.58. The Hall–Kier alpha value is -1.70. The van der Waals surface area contributed by atoms with Crippen LogP contribution in [0.25, 0.3) is 0 Å². The van der Waals surface area contributed by atoms with Gasteiger partial charge < -0.3 is 10.6 Å². The van der Waals surface area contributed by atoms with Crippen molar-refractivity contribution in [3.63, 3.8) is 0 Å². The molecule has 2 aromatic rings. The molecule has 0 aliphatic heterocycles. The maximum atomic E-state index is 12.5. The molecule has 0 heterocycles. The fourth-order valence-corrected chi connectivity index (χ4v) is 3.25. The number of carbonyl (C=O) groups is 2. The van der Waals surface area contributed by atoms with Crippen molar-refractivity contribution >= 4 is 55.0 Å². The Morgan fingerprint density at radius 3 is 2.35 bits per heavy atom. The Kier molecular flexibility index (Phi) is 7.37. The lowest BCUT2D eigenvalue weighted by atomic mass is 10.2. The number of carbonyl (C=O) groups excluding carboxylic acids is 2. The topological polar surface area (TPSA) is 61.4 Å². The summed E-state index contributed by atoms with van der Waals surface area (Å²) in [6.45, 7) is 3.85. The third-order valence-corrected chi connectivity index (χ3v) is 5.31. The molecular weight excluding hydrogens is 462 g/mol. The number of hydrogen-bond acceptors (Lipinski definition) is 3. The van der Waals surface area contributed by atoms with Gasteiger partial charge in [0.2, 0.25) is 11.8 Å². The van der Waals surface area contributed by atoms with Crippen LogP contribution in [0, 0.1) is 6.92 Å². The first-order valence-electron chi connectivity index (χ1n) is 8.09. The number of likely N-dealkylation sites (N-methyl/N-ethyl adjacent to an activating group) is 1. The smallest absolute Gasteiger partial charge is 0.241 e. The molecule has 0 aliphatic rings. The van der Waals surface area contributed by atoms with Crippen molar-refractivity contribution in [1.29, 1.82) is 0 Å². The molecule has 0 radical (unpaired) electrons. The van der Waals surface area contributed by atoms with E-state index in [0.29, 0.717) is 11.4 Å². The van der Waals surface area contributed by atoms with Crippen molar-refractivity contribution in [2.24, 2.45) is 0 Å². The van der Waals surface area contributed by atoms with Crippen molar-refractivity contribution in [1.82, 2.24) is 4.90 Å². The molecule has 1 unspecified atom stereocenters. The van der Waals surface area contributed by atoms with Gasteiger partial charge in [-0.3, -0.25) is 14.5 Å². The van der Waals surface area contributed by atoms with Gasteiger partial charge in [0.15, 0.2) is 0 Å². The molecule has 2 rings (SSSR count). The van der Waals surface area contributed by atoms with Crippen LogP contribution in [-0.2, 0) is 9.59 Å². The van der Waals surface area contributed by atoms with Gasteiger partial charge in [-0.1, -0.05) is 18.2 Å². The Balaban J connectivity index is 1.93. The molecule has 0 bridgehead atoms. The van der Waals surface area contributed by atoms with Gasteiger partial charge in [-0.2, -0.15) is 0 Å². The zero-order valence-electron chi connectivity index (χ0n) is 14.8. The Labute approximate surface area is 170 Å². The van der Waals surface area contributed by atoms with Gasteiger partial charge in [0.1, 0.15) is 0 Å². The number of nitrogens with one attached hydrogen (secondary N) is 2. The highest BCUT2D eigenvalue weighted by Gasteiger charge is 2.21. The van der Waals surface area contributed by atoms with Crippen molar-refractivity contribution in [3.05, 3.63) is 57.0 Å². The van der Waals surface area contributed by atoms with Crippen LogP contribution in [-0.4, -0.2) is 36.3 Å². The van der Waals surface area contributed by atoms with Crippen molar-refractivity contribution in [2.45, 2.75) is 19.9 Å². The zero-order valence-corrected chi connectivity index (χ0v) is 18.0. The number of rotatable bonds is 6. The normalized spacial score (nSPS) is 11.9. The number of amides is 2. The maximum Gasteiger partial charge on any atom is 0.241 e. The van der Waals surface area contributed by atoms with E-state index in [1.54, 1.807) is 18.9 Å². The van der Waals surface area contributed by atoms with Gasteiger partial charge in [-0.25, -0.2) is 0 Å². The van der Waals surface area contributed by atoms with Crippen LogP contribution < -0.4 is 10.6 Å². The van der Waals surface area contributed by atoms with Crippen LogP contribution in [0.3, 0.4) is 0 Å². The SMILES string of the molecule is Cc1ccc(NC(=O)C(C)N(C)CC(=O)Nc2ccccc2Br)c(Br)c1. The minimum Gasteiger partial charge on any atom is -0.324 e. The lowest BCUT2D eigenvalue weighted by Crippen LogP contribution is -2.43. The first kappa shape index (κ1) is 20.6. The zero-order chi connectivity index (χ0) is 19.3. The summed E-state index contributed by atoms with van der Waals surface area (Å²) in [5.74, 6) is -0.360. The first-order valence-corrected chi connectivity index (χ1v) is 9.68. The standard InChI is InChI=1S/C19H21Br2N3O2/c1-12-8-9-17(15(21)10-12)23-19(26)13(2)24(3)11-18(25)22-16-7-5-4-6-14(16)20/h4-10,13H,11H2,1-3H3,(H,22,25)(H,23,26). The molecule has 0 spiro atoms. The number of halogens is 2. The second-order valence-electron chi connectivity index (χ2n) is 6.09. The highest BCUT2D eigenvalue weighted by molar-refractivity contribution is 9.11. The van der Waals surface area contributed by atoms with Crippen LogP contribution in [0.5, 0.6) is 0 Å². The summed E-state index contributed by atoms with van der Waals surface area (Å²) in [5.41, 5.74) is 2.51. The van der Waals surface area contributed by atoms with Crippen LogP contribution in [0.2, 0.25) is 0 Å². The largest absolute Gasteiger partial charge is 0.324 e. The predicted octanol–water partition coefficient (Wildman–Crippen LogP) is 4.42. The summed E-state index contributed by atoms with van der Waals surface area (Å²) in [5, 5.41) is 5.72. The molecule has 0 saturated heterocycles. The summed E-state index contributed by atoms with van der Waals surface area (Å²) in [7, 11) is 1.74. The number of benzene rings is 2. The highest BCUT2D eigenvalue weighted by atomic mass is 79.9. The van der Waals surface area contributed by atoms with Gasteiger partial charge in [0.05, 0.1) is 24.0 Å². The minimum absolute atomic E-state index is 0.102. The van der Waals surface area contributed by atoms with E-state index in [1.807, 2.05) is 49.4 Å². The van der Waals surface area contributed by atoms with Gasteiger partial charge in [-0.05, 0) is 82.6 Å². The summed E-state index contributed by atoms with van der Waals surface area (Å²) in [6, 6.07) is 12.6. The number of aryl methyl sites for hydroxylation is 1. The molecule has 7 heteroatoms. The summed E-state index contributed by atoms with van der Waals surface area (Å²) < 4.78 is 1.64. The molecule has 138 valence electrons. The van der Waals surface area contributed by atoms with E-state index in [-0.39, 0.29) is 18.4 Å². The highest BCUT2D eigenvalue weighted by Crippen LogP contribution is 2.24. The lowest BCUT2D eigenvalue weighted by Gasteiger charge is -2.23. The molecule has 26 heavy (non-hydrogen) atoms. The fourth-order valence-electron chi connectivity index (χ4n) is 2.27. The average molecular weight is 483 g/mol. The number of hydrogen-bond donors (Lipinski definition) is 2. The third kappa shape index (κ3) is 5.65. The summed E-state index contributed by atoms with van der Waals surface area (Å²) in [6.07, 6.45) is 0. The first-order chi connectivity index (χ1) is 12.3. The molecule has 0 saturated carbocycles. The molecule has 0 aliphatic carbocycles. The van der Waals surface area contributed by atoms with Gasteiger partial charge >= 0.3 is 0 Å². The fraction of sp³-hybridized carbons (Fsp3) is 0.263. The summed E-state index contributed by atoms with van der Waals surface area (Å²) in [4.78, 5) is 26.4. The second-order valence-corrected chi connectivity index (χ2v) is 7.80.